The SMILES string of the molecule is CC(=O)c1ccc(Cl)c(N=C=O)c1C. The molecule has 0 saturated carbocycles. The first-order valence-electron chi connectivity index (χ1n) is 3.96. The minimum Gasteiger partial charge on any atom is -0.294 e. The molecule has 0 radical (unpaired) electrons. The van der Waals surface area contributed by atoms with Crippen LogP contribution in [0.25, 0.3) is 0 Å². The number of hydrogen-bond donors (Lipinski definition) is 0. The fourth-order valence-electron chi connectivity index (χ4n) is 1.23. The highest BCUT2D eigenvalue weighted by atomic mass is 35.5. The van der Waals surface area contributed by atoms with Crippen LogP contribution in [-0.4, -0.2) is 11.9 Å². The van der Waals surface area contributed by atoms with E-state index in [0.717, 1.165) is 0 Å². The van der Waals surface area contributed by atoms with Crippen molar-refractivity contribution in [1.29, 1.82) is 0 Å². The van der Waals surface area contributed by atoms with Crippen LogP contribution in [0.3, 0.4) is 0 Å². The van der Waals surface area contributed by atoms with Crippen LogP contribution in [0.4, 0.5) is 5.69 Å². The van der Waals surface area contributed by atoms with E-state index in [9.17, 15) is 9.59 Å². The number of benzene rings is 1. The topological polar surface area (TPSA) is 46.5 Å². The van der Waals surface area contributed by atoms with Gasteiger partial charge in [0.2, 0.25) is 6.08 Å². The number of halogens is 1. The van der Waals surface area contributed by atoms with E-state index in [-0.39, 0.29) is 5.78 Å². The van der Waals surface area contributed by atoms with Crippen LogP contribution in [0, 0.1) is 6.92 Å². The Kier molecular flexibility index (Phi) is 3.18. The number of aliphatic imine (C=N–C) groups is 1. The number of hydrogen-bond acceptors (Lipinski definition) is 3. The third-order valence-electron chi connectivity index (χ3n) is 1.92. The first-order valence-corrected chi connectivity index (χ1v) is 4.33. The Balaban J connectivity index is 3.48. The van der Waals surface area contributed by atoms with Crippen molar-refractivity contribution in [3.8, 4) is 0 Å². The normalized spacial score (nSPS) is 9.36. The van der Waals surface area contributed by atoms with E-state index in [1.54, 1.807) is 19.1 Å². The molecule has 72 valence electrons. The zero-order valence-electron chi connectivity index (χ0n) is 7.80. The van der Waals surface area contributed by atoms with Crippen molar-refractivity contribution < 1.29 is 9.59 Å². The van der Waals surface area contributed by atoms with Gasteiger partial charge in [-0.25, -0.2) is 4.79 Å². The zero-order chi connectivity index (χ0) is 10.7. The summed E-state index contributed by atoms with van der Waals surface area (Å²) in [4.78, 5) is 24.7. The Morgan fingerprint density at radius 3 is 2.64 bits per heavy atom. The minimum absolute atomic E-state index is 0.0819. The number of Topliss-reactive ketones (excluding diaryl/α,β-unsaturated/α-hetero) is 1. The van der Waals surface area contributed by atoms with E-state index in [1.165, 1.54) is 13.0 Å². The Morgan fingerprint density at radius 2 is 2.14 bits per heavy atom. The minimum atomic E-state index is -0.0819. The Hall–Kier alpha value is -1.44. The molecule has 0 aliphatic carbocycles. The molecule has 0 atom stereocenters. The van der Waals surface area contributed by atoms with Gasteiger partial charge in [0.05, 0.1) is 10.7 Å². The first-order chi connectivity index (χ1) is 6.57. The molecule has 0 aliphatic heterocycles. The van der Waals surface area contributed by atoms with Crippen molar-refractivity contribution in [2.24, 2.45) is 4.99 Å². The van der Waals surface area contributed by atoms with Gasteiger partial charge in [-0.2, -0.15) is 4.99 Å². The lowest BCUT2D eigenvalue weighted by Crippen LogP contribution is -1.96. The average Bonchev–Trinajstić information content (AvgIpc) is 2.11. The van der Waals surface area contributed by atoms with Gasteiger partial charge in [0, 0.05) is 5.56 Å². The molecule has 1 aromatic carbocycles. The van der Waals surface area contributed by atoms with E-state index < -0.39 is 0 Å². The molecule has 0 aromatic heterocycles. The summed E-state index contributed by atoms with van der Waals surface area (Å²) in [6.07, 6.45) is 1.41. The second-order valence-corrected chi connectivity index (χ2v) is 3.24. The van der Waals surface area contributed by atoms with Crippen LogP contribution in [0.15, 0.2) is 17.1 Å². The van der Waals surface area contributed by atoms with E-state index in [4.69, 9.17) is 11.6 Å². The highest BCUT2D eigenvalue weighted by molar-refractivity contribution is 6.33. The summed E-state index contributed by atoms with van der Waals surface area (Å²) >= 11 is 5.80. The molecule has 0 amide bonds. The molecule has 0 saturated heterocycles. The molecule has 1 rings (SSSR count). The monoisotopic (exact) mass is 209 g/mol. The number of nitrogens with zero attached hydrogens (tertiary/aromatic N) is 1. The molecule has 4 heteroatoms. The zero-order valence-corrected chi connectivity index (χ0v) is 8.55. The molecule has 0 unspecified atom stereocenters. The van der Waals surface area contributed by atoms with E-state index in [0.29, 0.717) is 21.8 Å². The third kappa shape index (κ3) is 1.90. The first kappa shape index (κ1) is 10.6. The van der Waals surface area contributed by atoms with Gasteiger partial charge in [0.1, 0.15) is 0 Å². The molecule has 0 aliphatic rings. The summed E-state index contributed by atoms with van der Waals surface area (Å²) in [7, 11) is 0. The summed E-state index contributed by atoms with van der Waals surface area (Å²) in [5.74, 6) is -0.0819. The predicted molar refractivity (Wildman–Crippen MR) is 54.0 cm³/mol. The smallest absolute Gasteiger partial charge is 0.240 e. The van der Waals surface area contributed by atoms with Crippen molar-refractivity contribution in [2.45, 2.75) is 13.8 Å². The molecule has 14 heavy (non-hydrogen) atoms. The van der Waals surface area contributed by atoms with Crippen molar-refractivity contribution in [1.82, 2.24) is 0 Å². The standard InChI is InChI=1S/C10H8ClNO2/c1-6-8(7(2)14)3-4-9(11)10(6)12-5-13/h3-4H,1-2H3. The highest BCUT2D eigenvalue weighted by Crippen LogP contribution is 2.30. The van der Waals surface area contributed by atoms with E-state index in [2.05, 4.69) is 4.99 Å². The third-order valence-corrected chi connectivity index (χ3v) is 2.22. The van der Waals surface area contributed by atoms with E-state index >= 15 is 0 Å². The van der Waals surface area contributed by atoms with Crippen LogP contribution in [0.1, 0.15) is 22.8 Å². The van der Waals surface area contributed by atoms with Gasteiger partial charge >= 0.3 is 0 Å². The molecule has 0 bridgehead atoms. The summed E-state index contributed by atoms with van der Waals surface area (Å²) in [5.41, 5.74) is 1.44. The lowest BCUT2D eigenvalue weighted by molar-refractivity contribution is 0.101. The van der Waals surface area contributed by atoms with Crippen LogP contribution in [0.5, 0.6) is 0 Å². The van der Waals surface area contributed by atoms with Gasteiger partial charge in [-0.05, 0) is 31.5 Å². The van der Waals surface area contributed by atoms with Crippen molar-refractivity contribution >= 4 is 29.2 Å². The largest absolute Gasteiger partial charge is 0.294 e. The maximum atomic E-state index is 11.2. The maximum Gasteiger partial charge on any atom is 0.240 e. The molecule has 0 heterocycles. The number of carbonyl (C=O) groups is 1. The van der Waals surface area contributed by atoms with Gasteiger partial charge < -0.3 is 0 Å². The second-order valence-electron chi connectivity index (χ2n) is 2.83. The van der Waals surface area contributed by atoms with Crippen molar-refractivity contribution in [3.63, 3.8) is 0 Å². The second kappa shape index (κ2) is 4.18. The van der Waals surface area contributed by atoms with Crippen LogP contribution >= 0.6 is 11.6 Å². The van der Waals surface area contributed by atoms with Gasteiger partial charge in [0.25, 0.3) is 0 Å². The molecule has 3 nitrogen and oxygen atoms in total. The summed E-state index contributed by atoms with van der Waals surface area (Å²) in [5, 5.41) is 0.343. The quantitative estimate of drug-likeness (QED) is 0.427. The Bertz CT molecular complexity index is 434. The fourth-order valence-corrected chi connectivity index (χ4v) is 1.48. The molecule has 0 N–H and O–H groups in total. The Morgan fingerprint density at radius 1 is 1.50 bits per heavy atom. The summed E-state index contributed by atoms with van der Waals surface area (Å²) in [6.45, 7) is 3.14. The molecule has 0 fully saturated rings. The average molecular weight is 210 g/mol. The number of ketones is 1. The van der Waals surface area contributed by atoms with Gasteiger partial charge in [-0.1, -0.05) is 11.6 Å². The van der Waals surface area contributed by atoms with Crippen LogP contribution in [-0.2, 0) is 4.79 Å². The lowest BCUT2D eigenvalue weighted by Gasteiger charge is -2.05. The highest BCUT2D eigenvalue weighted by Gasteiger charge is 2.10. The maximum absolute atomic E-state index is 11.2. The summed E-state index contributed by atoms with van der Waals surface area (Å²) in [6, 6.07) is 3.16. The van der Waals surface area contributed by atoms with Crippen LogP contribution in [0.2, 0.25) is 5.02 Å². The number of isocyanates is 1. The molecular weight excluding hydrogens is 202 g/mol. The van der Waals surface area contributed by atoms with Gasteiger partial charge in [-0.15, -0.1) is 0 Å². The lowest BCUT2D eigenvalue weighted by atomic mass is 10.0. The number of carbonyl (C=O) groups excluding carboxylic acids is 2. The summed E-state index contributed by atoms with van der Waals surface area (Å²) < 4.78 is 0. The van der Waals surface area contributed by atoms with Gasteiger partial charge in [-0.3, -0.25) is 4.79 Å². The van der Waals surface area contributed by atoms with E-state index in [1.807, 2.05) is 0 Å². The fraction of sp³-hybridized carbons (Fsp3) is 0.200. The molecule has 1 aromatic rings. The number of rotatable bonds is 2. The molecular formula is C10H8ClNO2. The molecule has 0 spiro atoms. The van der Waals surface area contributed by atoms with Crippen molar-refractivity contribution in [3.05, 3.63) is 28.3 Å². The Labute approximate surface area is 86.4 Å². The van der Waals surface area contributed by atoms with Crippen molar-refractivity contribution in [2.75, 3.05) is 0 Å². The predicted octanol–water partition coefficient (Wildman–Crippen LogP) is 2.82. The van der Waals surface area contributed by atoms with Crippen LogP contribution < -0.4 is 0 Å². The van der Waals surface area contributed by atoms with Gasteiger partial charge in [0.15, 0.2) is 5.78 Å².